The maximum absolute atomic E-state index is 13.2. The fraction of sp³-hybridized carbons (Fsp3) is 0.667. The van der Waals surface area contributed by atoms with Crippen LogP contribution in [0, 0.1) is 10.1 Å². The monoisotopic (exact) mass is 378 g/mol. The number of anilines is 1. The molecule has 0 atom stereocenters. The molecule has 0 bridgehead atoms. The van der Waals surface area contributed by atoms with Crippen LogP contribution in [-0.4, -0.2) is 30.1 Å². The lowest BCUT2D eigenvalue weighted by Crippen LogP contribution is -2.54. The van der Waals surface area contributed by atoms with E-state index in [0.717, 1.165) is 44.2 Å². The molecule has 6 nitrogen and oxygen atoms in total. The molecule has 0 radical (unpaired) electrons. The first-order chi connectivity index (χ1) is 12.9. The first-order valence-corrected chi connectivity index (χ1v) is 10.1. The fourth-order valence-electron chi connectivity index (χ4n) is 3.23. The number of non-ortho nitro benzene ring substituents is 1. The number of nitro groups is 1. The fourth-order valence-corrected chi connectivity index (χ4v) is 3.23. The molecule has 0 aromatic heterocycles. The van der Waals surface area contributed by atoms with Crippen molar-refractivity contribution in [1.82, 2.24) is 0 Å². The molecular weight excluding hydrogens is 344 g/mol. The van der Waals surface area contributed by atoms with Gasteiger partial charge in [-0.3, -0.25) is 10.1 Å². The van der Waals surface area contributed by atoms with E-state index in [0.29, 0.717) is 19.4 Å². The van der Waals surface area contributed by atoms with Gasteiger partial charge in [0, 0.05) is 24.9 Å². The van der Waals surface area contributed by atoms with Gasteiger partial charge in [-0.1, -0.05) is 52.9 Å². The van der Waals surface area contributed by atoms with Crippen molar-refractivity contribution in [1.29, 1.82) is 0 Å². The van der Waals surface area contributed by atoms with Crippen molar-refractivity contribution in [2.75, 3.05) is 18.6 Å². The van der Waals surface area contributed by atoms with E-state index < -0.39 is 10.5 Å². The molecule has 1 aromatic carbocycles. The first kappa shape index (κ1) is 22.9. The molecule has 1 aromatic rings. The van der Waals surface area contributed by atoms with Crippen LogP contribution >= 0.6 is 0 Å². The Morgan fingerprint density at radius 2 is 1.56 bits per heavy atom. The van der Waals surface area contributed by atoms with Crippen molar-refractivity contribution in [2.45, 2.75) is 77.7 Å². The van der Waals surface area contributed by atoms with E-state index >= 15 is 0 Å². The zero-order valence-electron chi connectivity index (χ0n) is 17.2. The highest BCUT2D eigenvalue weighted by Gasteiger charge is 2.43. The maximum atomic E-state index is 13.2. The number of rotatable bonds is 13. The molecule has 1 rings (SSSR count). The van der Waals surface area contributed by atoms with Crippen LogP contribution < -0.4 is 4.90 Å². The van der Waals surface area contributed by atoms with Crippen LogP contribution in [0.4, 0.5) is 11.4 Å². The second-order valence-corrected chi connectivity index (χ2v) is 7.06. The van der Waals surface area contributed by atoms with Crippen LogP contribution in [0.2, 0.25) is 0 Å². The van der Waals surface area contributed by atoms with Gasteiger partial charge in [0.25, 0.3) is 5.69 Å². The van der Waals surface area contributed by atoms with E-state index in [1.807, 2.05) is 11.9 Å². The van der Waals surface area contributed by atoms with E-state index in [-0.39, 0.29) is 11.7 Å². The van der Waals surface area contributed by atoms with Crippen molar-refractivity contribution >= 4 is 17.3 Å². The summed E-state index contributed by atoms with van der Waals surface area (Å²) in [6, 6.07) is 6.39. The summed E-state index contributed by atoms with van der Waals surface area (Å²) in [5.41, 5.74) is 0.0984. The van der Waals surface area contributed by atoms with Gasteiger partial charge in [0.2, 0.25) is 0 Å². The minimum atomic E-state index is -0.740. The van der Waals surface area contributed by atoms with Crippen molar-refractivity contribution < 1.29 is 14.5 Å². The zero-order valence-corrected chi connectivity index (χ0v) is 17.2. The minimum absolute atomic E-state index is 0.0467. The number of nitrogens with zero attached hydrogens (tertiary/aromatic N) is 2. The third-order valence-electron chi connectivity index (χ3n) is 5.09. The second-order valence-electron chi connectivity index (χ2n) is 7.06. The number of ether oxygens (including phenoxy) is 1. The normalized spacial score (nSPS) is 11.3. The van der Waals surface area contributed by atoms with Gasteiger partial charge in [-0.15, -0.1) is 0 Å². The van der Waals surface area contributed by atoms with E-state index in [4.69, 9.17) is 4.74 Å². The Morgan fingerprint density at radius 3 is 2.00 bits per heavy atom. The van der Waals surface area contributed by atoms with Crippen LogP contribution in [0.15, 0.2) is 24.3 Å². The lowest BCUT2D eigenvalue weighted by atomic mass is 9.85. The van der Waals surface area contributed by atoms with Gasteiger partial charge >= 0.3 is 5.97 Å². The van der Waals surface area contributed by atoms with Crippen molar-refractivity contribution in [3.8, 4) is 0 Å². The second kappa shape index (κ2) is 11.6. The summed E-state index contributed by atoms with van der Waals surface area (Å²) in [7, 11) is 1.90. The average Bonchev–Trinajstić information content (AvgIpc) is 2.68. The predicted octanol–water partition coefficient (Wildman–Crippen LogP) is 5.49. The highest BCUT2D eigenvalue weighted by Crippen LogP contribution is 2.34. The lowest BCUT2D eigenvalue weighted by Gasteiger charge is -2.41. The zero-order chi connectivity index (χ0) is 20.3. The highest BCUT2D eigenvalue weighted by molar-refractivity contribution is 5.85. The highest BCUT2D eigenvalue weighted by atomic mass is 16.6. The number of carbonyl (C=O) groups is 1. The summed E-state index contributed by atoms with van der Waals surface area (Å²) in [6.07, 6.45) is 7.07. The molecule has 6 heteroatoms. The maximum Gasteiger partial charge on any atom is 0.331 e. The van der Waals surface area contributed by atoms with Crippen LogP contribution in [0.3, 0.4) is 0 Å². The van der Waals surface area contributed by atoms with E-state index in [9.17, 15) is 14.9 Å². The molecule has 0 saturated heterocycles. The molecule has 0 fully saturated rings. The van der Waals surface area contributed by atoms with Gasteiger partial charge in [-0.25, -0.2) is 4.79 Å². The smallest absolute Gasteiger partial charge is 0.331 e. The minimum Gasteiger partial charge on any atom is -0.464 e. The third-order valence-corrected chi connectivity index (χ3v) is 5.09. The van der Waals surface area contributed by atoms with Gasteiger partial charge < -0.3 is 9.64 Å². The van der Waals surface area contributed by atoms with Gasteiger partial charge in [-0.05, 0) is 31.4 Å². The average molecular weight is 379 g/mol. The molecule has 27 heavy (non-hydrogen) atoms. The number of carbonyl (C=O) groups excluding carboxylic acids is 1. The molecule has 0 aliphatic rings. The molecule has 0 aliphatic heterocycles. The molecule has 0 N–H and O–H groups in total. The summed E-state index contributed by atoms with van der Waals surface area (Å²) >= 11 is 0. The number of nitro benzene ring substituents is 1. The number of esters is 1. The Balaban J connectivity index is 3.20. The standard InChI is InChI=1S/C21H34N2O4/c1-5-8-15-21(16-9-6-2,20(24)27-17-10-7-3)22(4)18-11-13-19(14-12-18)23(25)26/h11-14H,5-10,15-17H2,1-4H3. The molecular formula is C21H34N2O4. The van der Waals surface area contributed by atoms with Crippen molar-refractivity contribution in [2.24, 2.45) is 0 Å². The summed E-state index contributed by atoms with van der Waals surface area (Å²) < 4.78 is 5.66. The Labute approximate surface area is 163 Å². The van der Waals surface area contributed by atoms with E-state index in [1.54, 1.807) is 12.1 Å². The molecule has 0 spiro atoms. The van der Waals surface area contributed by atoms with Gasteiger partial charge in [0.1, 0.15) is 5.54 Å². The van der Waals surface area contributed by atoms with Gasteiger partial charge in [0.05, 0.1) is 11.5 Å². The van der Waals surface area contributed by atoms with Crippen LogP contribution in [-0.2, 0) is 9.53 Å². The Morgan fingerprint density at radius 1 is 1.04 bits per heavy atom. The van der Waals surface area contributed by atoms with Crippen LogP contribution in [0.1, 0.15) is 72.1 Å². The largest absolute Gasteiger partial charge is 0.464 e. The molecule has 152 valence electrons. The summed E-state index contributed by atoms with van der Waals surface area (Å²) in [5, 5.41) is 10.9. The van der Waals surface area contributed by atoms with Crippen LogP contribution in [0.25, 0.3) is 0 Å². The third kappa shape index (κ3) is 6.22. The van der Waals surface area contributed by atoms with Gasteiger partial charge in [-0.2, -0.15) is 0 Å². The molecule has 0 heterocycles. The van der Waals surface area contributed by atoms with Crippen molar-refractivity contribution in [3.63, 3.8) is 0 Å². The summed E-state index contributed by atoms with van der Waals surface area (Å²) in [4.78, 5) is 25.7. The first-order valence-electron chi connectivity index (χ1n) is 10.1. The SMILES string of the molecule is CCCCOC(=O)C(CCCC)(CCCC)N(C)c1ccc([N+](=O)[O-])cc1. The van der Waals surface area contributed by atoms with Crippen LogP contribution in [0.5, 0.6) is 0 Å². The lowest BCUT2D eigenvalue weighted by molar-refractivity contribution is -0.384. The number of hydrogen-bond acceptors (Lipinski definition) is 5. The number of unbranched alkanes of at least 4 members (excludes halogenated alkanes) is 3. The summed E-state index contributed by atoms with van der Waals surface area (Å²) in [6.45, 7) is 6.72. The number of likely N-dealkylation sites (N-methyl/N-ethyl adjacent to an activating group) is 1. The van der Waals surface area contributed by atoms with Crippen molar-refractivity contribution in [3.05, 3.63) is 34.4 Å². The Kier molecular flexibility index (Phi) is 9.83. The Hall–Kier alpha value is -2.11. The van der Waals surface area contributed by atoms with E-state index in [1.165, 1.54) is 12.1 Å². The Bertz CT molecular complexity index is 578. The predicted molar refractivity (Wildman–Crippen MR) is 109 cm³/mol. The van der Waals surface area contributed by atoms with Gasteiger partial charge in [0.15, 0.2) is 0 Å². The number of hydrogen-bond donors (Lipinski definition) is 0. The molecule has 0 saturated carbocycles. The molecule has 0 amide bonds. The molecule has 0 aliphatic carbocycles. The quantitative estimate of drug-likeness (QED) is 0.196. The topological polar surface area (TPSA) is 72.7 Å². The summed E-state index contributed by atoms with van der Waals surface area (Å²) in [5.74, 6) is -0.182. The number of benzene rings is 1. The molecule has 0 unspecified atom stereocenters. The van der Waals surface area contributed by atoms with E-state index in [2.05, 4.69) is 20.8 Å².